The largest absolute Gasteiger partial charge is 0.337 e. The number of hydrogen-bond donors (Lipinski definition) is 0. The van der Waals surface area contributed by atoms with Crippen LogP contribution in [0.15, 0.2) is 36.5 Å². The van der Waals surface area contributed by atoms with Crippen LogP contribution in [0.25, 0.3) is 10.8 Å². The van der Waals surface area contributed by atoms with Crippen LogP contribution in [-0.2, 0) is 10.0 Å². The first-order valence-corrected chi connectivity index (χ1v) is 11.1. The van der Waals surface area contributed by atoms with Gasteiger partial charge in [-0.25, -0.2) is 12.7 Å². The summed E-state index contributed by atoms with van der Waals surface area (Å²) in [5, 5.41) is 1.99. The molecule has 1 aliphatic rings. The standard InChI is InChI=1S/C20H27N3O3S/c1-3-4-13-27(25,26)23-11-9-18(10-12-23)22(2)20(24)19-14-16-7-5-6-8-17(16)15-21-19/h5-8,14-15,18H,3-4,9-13H2,1-2H3. The van der Waals surface area contributed by atoms with Gasteiger partial charge >= 0.3 is 0 Å². The summed E-state index contributed by atoms with van der Waals surface area (Å²) in [6.07, 6.45) is 4.58. The number of nitrogens with zero attached hydrogens (tertiary/aromatic N) is 3. The Kier molecular flexibility index (Phi) is 6.11. The van der Waals surface area contributed by atoms with Gasteiger partial charge in [0.2, 0.25) is 10.0 Å². The van der Waals surface area contributed by atoms with Crippen molar-refractivity contribution in [3.8, 4) is 0 Å². The van der Waals surface area contributed by atoms with Gasteiger partial charge in [0, 0.05) is 37.8 Å². The second-order valence-corrected chi connectivity index (χ2v) is 9.22. The molecule has 27 heavy (non-hydrogen) atoms. The highest BCUT2D eigenvalue weighted by molar-refractivity contribution is 7.89. The number of hydrogen-bond acceptors (Lipinski definition) is 4. The van der Waals surface area contributed by atoms with Crippen molar-refractivity contribution in [1.29, 1.82) is 0 Å². The summed E-state index contributed by atoms with van der Waals surface area (Å²) in [7, 11) is -1.39. The first kappa shape index (κ1) is 19.8. The van der Waals surface area contributed by atoms with E-state index in [0.717, 1.165) is 17.2 Å². The van der Waals surface area contributed by atoms with Crippen LogP contribution in [-0.4, -0.2) is 60.4 Å². The fourth-order valence-corrected chi connectivity index (χ4v) is 5.19. The van der Waals surface area contributed by atoms with Crippen LogP contribution in [0.5, 0.6) is 0 Å². The van der Waals surface area contributed by atoms with Gasteiger partial charge in [0.05, 0.1) is 5.75 Å². The van der Waals surface area contributed by atoms with E-state index in [9.17, 15) is 13.2 Å². The minimum Gasteiger partial charge on any atom is -0.337 e. The zero-order valence-electron chi connectivity index (χ0n) is 16.0. The Morgan fingerprint density at radius 1 is 1.22 bits per heavy atom. The Hall–Kier alpha value is -1.99. The molecule has 1 amide bonds. The molecule has 1 saturated heterocycles. The molecule has 1 aliphatic heterocycles. The third-order valence-corrected chi connectivity index (χ3v) is 7.25. The number of aromatic nitrogens is 1. The molecule has 0 spiro atoms. The molecule has 1 aromatic heterocycles. The second kappa shape index (κ2) is 8.35. The molecular weight excluding hydrogens is 362 g/mol. The third kappa shape index (κ3) is 4.47. The number of unbranched alkanes of at least 4 members (excludes halogenated alkanes) is 1. The molecule has 1 aromatic carbocycles. The van der Waals surface area contributed by atoms with E-state index in [1.54, 1.807) is 22.4 Å². The maximum absolute atomic E-state index is 12.8. The molecule has 2 heterocycles. The number of fused-ring (bicyclic) bond motifs is 1. The summed E-state index contributed by atoms with van der Waals surface area (Å²) in [6.45, 7) is 2.93. The monoisotopic (exact) mass is 389 g/mol. The number of piperidine rings is 1. The summed E-state index contributed by atoms with van der Waals surface area (Å²) in [5.74, 6) is 0.0947. The van der Waals surface area contributed by atoms with Crippen molar-refractivity contribution in [2.45, 2.75) is 38.6 Å². The van der Waals surface area contributed by atoms with Gasteiger partial charge < -0.3 is 4.90 Å². The lowest BCUT2D eigenvalue weighted by atomic mass is 10.0. The number of carbonyl (C=O) groups is 1. The molecule has 0 atom stereocenters. The van der Waals surface area contributed by atoms with Crippen LogP contribution >= 0.6 is 0 Å². The number of amides is 1. The molecule has 1 fully saturated rings. The number of pyridine rings is 1. The predicted octanol–water partition coefficient (Wildman–Crippen LogP) is 2.90. The lowest BCUT2D eigenvalue weighted by molar-refractivity contribution is 0.0676. The number of rotatable bonds is 6. The van der Waals surface area contributed by atoms with Gasteiger partial charge in [0.15, 0.2) is 0 Å². The maximum Gasteiger partial charge on any atom is 0.272 e. The van der Waals surface area contributed by atoms with Crippen molar-refractivity contribution in [2.24, 2.45) is 0 Å². The van der Waals surface area contributed by atoms with Gasteiger partial charge in [0.25, 0.3) is 5.91 Å². The van der Waals surface area contributed by atoms with E-state index in [0.29, 0.717) is 38.0 Å². The molecule has 146 valence electrons. The van der Waals surface area contributed by atoms with Crippen LogP contribution in [0, 0.1) is 0 Å². The molecule has 0 unspecified atom stereocenters. The highest BCUT2D eigenvalue weighted by atomic mass is 32.2. The van der Waals surface area contributed by atoms with Crippen LogP contribution < -0.4 is 0 Å². The molecule has 2 aromatic rings. The van der Waals surface area contributed by atoms with E-state index in [1.807, 2.05) is 37.3 Å². The average Bonchev–Trinajstić information content (AvgIpc) is 2.71. The number of carbonyl (C=O) groups excluding carboxylic acids is 1. The molecular formula is C20H27N3O3S. The second-order valence-electron chi connectivity index (χ2n) is 7.13. The van der Waals surface area contributed by atoms with Crippen molar-refractivity contribution in [3.63, 3.8) is 0 Å². The highest BCUT2D eigenvalue weighted by Gasteiger charge is 2.31. The predicted molar refractivity (Wildman–Crippen MR) is 107 cm³/mol. The van der Waals surface area contributed by atoms with Crippen LogP contribution in [0.4, 0.5) is 0 Å². The van der Waals surface area contributed by atoms with Crippen molar-refractivity contribution >= 4 is 26.7 Å². The van der Waals surface area contributed by atoms with E-state index >= 15 is 0 Å². The van der Waals surface area contributed by atoms with Crippen molar-refractivity contribution in [1.82, 2.24) is 14.2 Å². The molecule has 0 saturated carbocycles. The maximum atomic E-state index is 12.8. The van der Waals surface area contributed by atoms with Gasteiger partial charge in [-0.05, 0) is 30.7 Å². The van der Waals surface area contributed by atoms with E-state index in [4.69, 9.17) is 0 Å². The molecule has 6 nitrogen and oxygen atoms in total. The quantitative estimate of drug-likeness (QED) is 0.762. The lowest BCUT2D eigenvalue weighted by Crippen LogP contribution is -2.47. The molecule has 0 bridgehead atoms. The summed E-state index contributed by atoms with van der Waals surface area (Å²) in [5.41, 5.74) is 0.425. The minimum absolute atomic E-state index is 0.0309. The minimum atomic E-state index is -3.17. The highest BCUT2D eigenvalue weighted by Crippen LogP contribution is 2.21. The lowest BCUT2D eigenvalue weighted by Gasteiger charge is -2.36. The fraction of sp³-hybridized carbons (Fsp3) is 0.500. The third-order valence-electron chi connectivity index (χ3n) is 5.29. The zero-order valence-corrected chi connectivity index (χ0v) is 16.8. The topological polar surface area (TPSA) is 70.6 Å². The first-order valence-electron chi connectivity index (χ1n) is 9.52. The van der Waals surface area contributed by atoms with Gasteiger partial charge in [-0.15, -0.1) is 0 Å². The molecule has 0 aliphatic carbocycles. The van der Waals surface area contributed by atoms with E-state index < -0.39 is 10.0 Å². The SMILES string of the molecule is CCCCS(=O)(=O)N1CCC(N(C)C(=O)c2cc3ccccc3cn2)CC1. The smallest absolute Gasteiger partial charge is 0.272 e. The normalized spacial score (nSPS) is 16.5. The summed E-state index contributed by atoms with van der Waals surface area (Å²) in [6, 6.07) is 9.67. The number of sulfonamides is 1. The molecule has 0 N–H and O–H groups in total. The first-order chi connectivity index (χ1) is 12.9. The van der Waals surface area contributed by atoms with E-state index in [2.05, 4.69) is 4.98 Å². The summed E-state index contributed by atoms with van der Waals surface area (Å²) in [4.78, 5) is 18.9. The summed E-state index contributed by atoms with van der Waals surface area (Å²) < 4.78 is 26.2. The van der Waals surface area contributed by atoms with Crippen molar-refractivity contribution in [3.05, 3.63) is 42.2 Å². The Balaban J connectivity index is 1.64. The Labute approximate surface area is 161 Å². The van der Waals surface area contributed by atoms with Crippen molar-refractivity contribution < 1.29 is 13.2 Å². The van der Waals surface area contributed by atoms with Gasteiger partial charge in [0.1, 0.15) is 5.69 Å². The molecule has 7 heteroatoms. The Bertz CT molecular complexity index is 906. The van der Waals surface area contributed by atoms with Crippen LogP contribution in [0.3, 0.4) is 0 Å². The van der Waals surface area contributed by atoms with Crippen molar-refractivity contribution in [2.75, 3.05) is 25.9 Å². The average molecular weight is 390 g/mol. The Morgan fingerprint density at radius 2 is 1.89 bits per heavy atom. The number of benzene rings is 1. The van der Waals surface area contributed by atoms with Crippen LogP contribution in [0.2, 0.25) is 0 Å². The van der Waals surface area contributed by atoms with E-state index in [1.165, 1.54) is 0 Å². The Morgan fingerprint density at radius 3 is 2.56 bits per heavy atom. The molecule has 3 rings (SSSR count). The van der Waals surface area contributed by atoms with Gasteiger partial charge in [-0.1, -0.05) is 37.6 Å². The fourth-order valence-electron chi connectivity index (χ4n) is 3.51. The van der Waals surface area contributed by atoms with E-state index in [-0.39, 0.29) is 17.7 Å². The molecule has 0 radical (unpaired) electrons. The zero-order chi connectivity index (χ0) is 19.4. The van der Waals surface area contributed by atoms with Crippen LogP contribution in [0.1, 0.15) is 43.1 Å². The summed E-state index contributed by atoms with van der Waals surface area (Å²) >= 11 is 0. The van der Waals surface area contributed by atoms with Gasteiger partial charge in [-0.2, -0.15) is 0 Å². The van der Waals surface area contributed by atoms with Gasteiger partial charge in [-0.3, -0.25) is 9.78 Å².